The van der Waals surface area contributed by atoms with Gasteiger partial charge in [-0.3, -0.25) is 0 Å². The normalized spacial score (nSPS) is 10.2. The third kappa shape index (κ3) is 3.78. The van der Waals surface area contributed by atoms with E-state index in [2.05, 4.69) is 47.4 Å². The number of hydrogen-bond donors (Lipinski definition) is 0. The maximum Gasteiger partial charge on any atom is 0.130 e. The molecule has 0 aromatic heterocycles. The lowest BCUT2D eigenvalue weighted by atomic mass is 9.87. The monoisotopic (exact) mass is 399 g/mol. The second-order valence-corrected chi connectivity index (χ2v) is 7.49. The van der Waals surface area contributed by atoms with Crippen LogP contribution in [0.4, 0.5) is 5.69 Å². The Morgan fingerprint density at radius 3 is 1.68 bits per heavy atom. The Morgan fingerprint density at radius 1 is 0.677 bits per heavy atom. The second kappa shape index (κ2) is 8.57. The first-order valence-corrected chi connectivity index (χ1v) is 10.0. The molecule has 0 aliphatic carbocycles. The quantitative estimate of drug-likeness (QED) is 0.360. The average Bonchev–Trinajstić information content (AvgIpc) is 2.82. The standard InChI is InChI=1S/C28H21N3/c1-31(2)26-16-15-25(22-11-7-4-8-12-22)28-24(21-9-5-3-6-10-21)14-13-23(27(26)28)17-20(18-29)19-30/h3-17H,1-2H3. The Hall–Kier alpha value is -4.34. The van der Waals surface area contributed by atoms with E-state index in [1.54, 1.807) is 6.08 Å². The van der Waals surface area contributed by atoms with Crippen molar-refractivity contribution in [3.63, 3.8) is 0 Å². The first-order chi connectivity index (χ1) is 15.1. The van der Waals surface area contributed by atoms with E-state index in [4.69, 9.17) is 0 Å². The van der Waals surface area contributed by atoms with Gasteiger partial charge in [0.15, 0.2) is 0 Å². The molecule has 0 spiro atoms. The number of nitriles is 2. The summed E-state index contributed by atoms with van der Waals surface area (Å²) in [6.07, 6.45) is 1.68. The number of rotatable bonds is 4. The van der Waals surface area contributed by atoms with Gasteiger partial charge >= 0.3 is 0 Å². The number of benzene rings is 4. The highest BCUT2D eigenvalue weighted by atomic mass is 15.1. The predicted molar refractivity (Wildman–Crippen MR) is 128 cm³/mol. The van der Waals surface area contributed by atoms with Crippen LogP contribution in [0.5, 0.6) is 0 Å². The Morgan fingerprint density at radius 2 is 1.19 bits per heavy atom. The molecule has 31 heavy (non-hydrogen) atoms. The molecule has 3 heteroatoms. The summed E-state index contributed by atoms with van der Waals surface area (Å²) in [4.78, 5) is 2.07. The Bertz CT molecular complexity index is 1290. The molecule has 0 unspecified atom stereocenters. The van der Waals surface area contributed by atoms with Crippen molar-refractivity contribution in [1.29, 1.82) is 10.5 Å². The van der Waals surface area contributed by atoms with Crippen LogP contribution in [0.1, 0.15) is 5.56 Å². The third-order valence-corrected chi connectivity index (χ3v) is 5.36. The molecule has 0 heterocycles. The van der Waals surface area contributed by atoms with E-state index < -0.39 is 0 Å². The van der Waals surface area contributed by atoms with Crippen LogP contribution in [0.25, 0.3) is 39.1 Å². The zero-order chi connectivity index (χ0) is 21.8. The fraction of sp³-hybridized carbons (Fsp3) is 0.0714. The van der Waals surface area contributed by atoms with Crippen molar-refractivity contribution >= 4 is 22.5 Å². The van der Waals surface area contributed by atoms with Crippen LogP contribution in [0.15, 0.2) is 90.5 Å². The molecule has 0 atom stereocenters. The summed E-state index contributed by atoms with van der Waals surface area (Å²) in [6.45, 7) is 0. The maximum atomic E-state index is 9.35. The summed E-state index contributed by atoms with van der Waals surface area (Å²) in [5, 5.41) is 20.8. The highest BCUT2D eigenvalue weighted by molar-refractivity contribution is 6.14. The van der Waals surface area contributed by atoms with Crippen molar-refractivity contribution in [2.45, 2.75) is 0 Å². The topological polar surface area (TPSA) is 50.8 Å². The molecule has 0 radical (unpaired) electrons. The Kier molecular flexibility index (Phi) is 5.52. The summed E-state index contributed by atoms with van der Waals surface area (Å²) in [5.74, 6) is 0. The van der Waals surface area contributed by atoms with E-state index in [1.165, 1.54) is 0 Å². The molecule has 4 aromatic carbocycles. The van der Waals surface area contributed by atoms with Crippen molar-refractivity contribution in [3.8, 4) is 34.4 Å². The molecule has 0 aliphatic heterocycles. The van der Waals surface area contributed by atoms with Crippen LogP contribution in [-0.4, -0.2) is 14.1 Å². The molecule has 0 amide bonds. The van der Waals surface area contributed by atoms with Crippen LogP contribution in [0.2, 0.25) is 0 Å². The fourth-order valence-corrected chi connectivity index (χ4v) is 3.96. The summed E-state index contributed by atoms with van der Waals surface area (Å²) in [6, 6.07) is 32.9. The fourth-order valence-electron chi connectivity index (χ4n) is 3.96. The van der Waals surface area contributed by atoms with Gasteiger partial charge in [0.1, 0.15) is 17.7 Å². The van der Waals surface area contributed by atoms with E-state index in [1.807, 2.05) is 68.7 Å². The molecule has 0 saturated heterocycles. The van der Waals surface area contributed by atoms with E-state index in [0.717, 1.165) is 44.3 Å². The number of anilines is 1. The lowest BCUT2D eigenvalue weighted by molar-refractivity contribution is 1.14. The first-order valence-electron chi connectivity index (χ1n) is 10.0. The molecule has 3 nitrogen and oxygen atoms in total. The van der Waals surface area contributed by atoms with Gasteiger partial charge in [-0.1, -0.05) is 78.9 Å². The number of nitrogens with zero attached hydrogens (tertiary/aromatic N) is 3. The summed E-state index contributed by atoms with van der Waals surface area (Å²) in [7, 11) is 4.02. The van der Waals surface area contributed by atoms with E-state index in [9.17, 15) is 10.5 Å². The van der Waals surface area contributed by atoms with Crippen molar-refractivity contribution in [2.24, 2.45) is 0 Å². The van der Waals surface area contributed by atoms with Crippen molar-refractivity contribution < 1.29 is 0 Å². The van der Waals surface area contributed by atoms with Crippen molar-refractivity contribution in [1.82, 2.24) is 0 Å². The Labute approximate surface area is 182 Å². The van der Waals surface area contributed by atoms with Gasteiger partial charge in [-0.15, -0.1) is 0 Å². The van der Waals surface area contributed by atoms with Gasteiger partial charge in [-0.25, -0.2) is 0 Å². The minimum Gasteiger partial charge on any atom is -0.377 e. The van der Waals surface area contributed by atoms with Gasteiger partial charge in [-0.05, 0) is 40.0 Å². The summed E-state index contributed by atoms with van der Waals surface area (Å²) < 4.78 is 0. The zero-order valence-corrected chi connectivity index (χ0v) is 17.5. The van der Waals surface area contributed by atoms with E-state index in [0.29, 0.717) is 0 Å². The molecule has 4 aromatic rings. The van der Waals surface area contributed by atoms with Crippen molar-refractivity contribution in [2.75, 3.05) is 19.0 Å². The van der Waals surface area contributed by atoms with Crippen LogP contribution in [0, 0.1) is 22.7 Å². The van der Waals surface area contributed by atoms with E-state index >= 15 is 0 Å². The first kappa shape index (κ1) is 20.0. The largest absolute Gasteiger partial charge is 0.377 e. The smallest absolute Gasteiger partial charge is 0.130 e. The van der Waals surface area contributed by atoms with Gasteiger partial charge in [0, 0.05) is 30.6 Å². The van der Waals surface area contributed by atoms with Gasteiger partial charge in [0.25, 0.3) is 0 Å². The Balaban J connectivity index is 2.20. The van der Waals surface area contributed by atoms with Crippen LogP contribution >= 0.6 is 0 Å². The summed E-state index contributed by atoms with van der Waals surface area (Å²) in [5.41, 5.74) is 6.46. The van der Waals surface area contributed by atoms with Crippen molar-refractivity contribution in [3.05, 3.63) is 96.1 Å². The summed E-state index contributed by atoms with van der Waals surface area (Å²) >= 11 is 0. The number of fused-ring (bicyclic) bond motifs is 1. The minimum atomic E-state index is 0.0866. The molecule has 0 fully saturated rings. The number of allylic oxidation sites excluding steroid dienone is 1. The van der Waals surface area contributed by atoms with E-state index in [-0.39, 0.29) is 5.57 Å². The van der Waals surface area contributed by atoms with Crippen LogP contribution in [-0.2, 0) is 0 Å². The molecule has 0 aliphatic rings. The molecular formula is C28H21N3. The molecule has 4 rings (SSSR count). The number of hydrogen-bond acceptors (Lipinski definition) is 3. The average molecular weight is 399 g/mol. The predicted octanol–water partition coefficient (Wildman–Crippen LogP) is 6.67. The van der Waals surface area contributed by atoms with Gasteiger partial charge in [-0.2, -0.15) is 10.5 Å². The highest BCUT2D eigenvalue weighted by Gasteiger charge is 2.17. The molecular weight excluding hydrogens is 378 g/mol. The molecule has 0 saturated carbocycles. The molecule has 0 bridgehead atoms. The van der Waals surface area contributed by atoms with Gasteiger partial charge in [0.05, 0.1) is 0 Å². The highest BCUT2D eigenvalue weighted by Crippen LogP contribution is 2.42. The van der Waals surface area contributed by atoms with Crippen LogP contribution in [0.3, 0.4) is 0 Å². The molecule has 0 N–H and O–H groups in total. The lowest BCUT2D eigenvalue weighted by Crippen LogP contribution is -2.10. The van der Waals surface area contributed by atoms with Crippen LogP contribution < -0.4 is 4.90 Å². The zero-order valence-electron chi connectivity index (χ0n) is 17.5. The van der Waals surface area contributed by atoms with Gasteiger partial charge < -0.3 is 4.90 Å². The van der Waals surface area contributed by atoms with Gasteiger partial charge in [0.2, 0.25) is 0 Å². The lowest BCUT2D eigenvalue weighted by Gasteiger charge is -2.22. The SMILES string of the molecule is CN(C)c1ccc(-c2ccccc2)c2c(-c3ccccc3)ccc(C=C(C#N)C#N)c12. The minimum absolute atomic E-state index is 0.0866. The maximum absolute atomic E-state index is 9.35. The third-order valence-electron chi connectivity index (χ3n) is 5.36. The molecule has 148 valence electrons. The second-order valence-electron chi connectivity index (χ2n) is 7.49.